The number of sulfone groups is 4. The van der Waals surface area contributed by atoms with Crippen molar-refractivity contribution in [3.63, 3.8) is 0 Å². The van der Waals surface area contributed by atoms with Crippen molar-refractivity contribution in [1.29, 1.82) is 0 Å². The first-order valence-electron chi connectivity index (χ1n) is 38.0. The number of hydrogen-bond donors (Lipinski definition) is 0. The van der Waals surface area contributed by atoms with E-state index in [2.05, 4.69) is 275 Å². The van der Waals surface area contributed by atoms with Gasteiger partial charge in [0.2, 0.25) is 39.3 Å². The summed E-state index contributed by atoms with van der Waals surface area (Å²) in [5.74, 6) is 0. The van der Waals surface area contributed by atoms with Gasteiger partial charge < -0.3 is 9.13 Å². The third-order valence-corrected chi connectivity index (χ3v) is 29.8. The summed E-state index contributed by atoms with van der Waals surface area (Å²) in [6.07, 6.45) is 1.08. The topological polar surface area (TPSA) is 146 Å². The van der Waals surface area contributed by atoms with E-state index in [-0.39, 0.29) is 71.7 Å². The Morgan fingerprint density at radius 2 is 0.407 bits per heavy atom. The molecule has 1 aliphatic carbocycles. The van der Waals surface area contributed by atoms with Crippen LogP contribution in [0.25, 0.3) is 66.1 Å². The van der Waals surface area contributed by atoms with Crippen LogP contribution in [-0.2, 0) is 78.3 Å². The van der Waals surface area contributed by atoms with Gasteiger partial charge in [-0.3, -0.25) is 0 Å². The molecule has 0 spiro atoms. The van der Waals surface area contributed by atoms with Crippen molar-refractivity contribution in [1.82, 2.24) is 9.13 Å². The Bertz CT molecular complexity index is 5980. The zero-order chi connectivity index (χ0) is 81.9. The number of fused-ring (bicyclic) bond motifs is 9. The zero-order valence-corrected chi connectivity index (χ0v) is 73.9. The molecule has 14 aromatic rings. The highest BCUT2D eigenvalue weighted by molar-refractivity contribution is 9.10. The maximum Gasteiger partial charge on any atom is 0.206 e. The molecule has 2 aromatic heterocycles. The van der Waals surface area contributed by atoms with Crippen molar-refractivity contribution in [2.24, 2.45) is 0 Å². The van der Waals surface area contributed by atoms with Gasteiger partial charge in [0.1, 0.15) is 0 Å². The second kappa shape index (κ2) is 29.7. The van der Waals surface area contributed by atoms with Crippen molar-refractivity contribution in [2.75, 3.05) is 0 Å². The zero-order valence-electron chi connectivity index (χ0n) is 67.5. The standard InChI is InChI=1S/C58H60N2O4S2.C21H26.C18H12Br2O4S2/c1-55(2,3)37-13-29-51-47(33-37)48-34-38(56(4,5)6)14-30-52(48)59(51)41-17-21-43(22-18-41)65(61,62)45-25-27-46(28-26-45)66(63,64)44-23-19-42(20-24-44)60-53-31-15-39(57(7,8)9)35-49(53)50-36-40(58(10,11)12)16-32-54(50)60;1-20(2,3)16-9-7-14-11-15-8-10-17(21(4,5)6)13-19(15)18(14)12-16;19-13-1-5-15(6-2-13)25(21,22)17-9-11-18(12-10-17)26(23,24)16-7-3-14(20)4-8-16/h13-36H,1-12H3;7-10,12-13H,11H2,1-6H3;1-12H. The minimum absolute atomic E-state index is 0.0152. The van der Waals surface area contributed by atoms with Crippen LogP contribution in [0.1, 0.15) is 169 Å². The maximum atomic E-state index is 14.1. The van der Waals surface area contributed by atoms with Crippen LogP contribution < -0.4 is 0 Å². The van der Waals surface area contributed by atoms with Crippen molar-refractivity contribution in [3.8, 4) is 22.5 Å². The Balaban J connectivity index is 0.000000192. The molecule has 0 saturated carbocycles. The van der Waals surface area contributed by atoms with Gasteiger partial charge in [0, 0.05) is 41.9 Å². The SMILES string of the molecule is CC(C)(C)c1ccc2c(c1)-c1cc(C(C)(C)C)ccc1C2.CC(C)(C)c1ccc2c(c1)c1cc(C(C)(C)C)ccc1n2-c1ccc(S(=O)(=O)c2ccc(S(=O)(=O)c3ccc(-n4c5ccc(C(C)(C)C)cc5c5cc(C(C)(C)C)ccc54)cc3)cc2)cc1.O=S(=O)(c1ccc(Br)cc1)c1ccc(S(=O)(=O)c2ccc(Br)cc2)cc1. The molecule has 0 N–H and O–H groups in total. The first kappa shape index (κ1) is 82.0. The molecule has 1 aliphatic rings. The highest BCUT2D eigenvalue weighted by Gasteiger charge is 2.30. The first-order chi connectivity index (χ1) is 52.6. The molecule has 0 saturated heterocycles. The van der Waals surface area contributed by atoms with E-state index in [1.807, 2.05) is 24.3 Å². The fourth-order valence-electron chi connectivity index (χ4n) is 14.5. The van der Waals surface area contributed by atoms with Crippen LogP contribution >= 0.6 is 31.9 Å². The van der Waals surface area contributed by atoms with Crippen LogP contribution in [0.4, 0.5) is 0 Å². The molecule has 0 bridgehead atoms. The molecule has 113 heavy (non-hydrogen) atoms. The molecule has 0 aliphatic heterocycles. The summed E-state index contributed by atoms with van der Waals surface area (Å²) in [5.41, 5.74) is 19.8. The Hall–Kier alpha value is -9.00. The monoisotopic (exact) mass is 1700 g/mol. The smallest absolute Gasteiger partial charge is 0.206 e. The maximum absolute atomic E-state index is 14.1. The van der Waals surface area contributed by atoms with Gasteiger partial charge in [-0.05, 0) is 289 Å². The fraction of sp³-hybridized carbons (Fsp3) is 0.258. The van der Waals surface area contributed by atoms with Gasteiger partial charge in [-0.1, -0.05) is 217 Å². The van der Waals surface area contributed by atoms with Crippen LogP contribution in [0.2, 0.25) is 0 Å². The van der Waals surface area contributed by atoms with Gasteiger partial charge in [-0.2, -0.15) is 0 Å². The average molecular weight is 1710 g/mol. The lowest BCUT2D eigenvalue weighted by molar-refractivity contribution is 0.589. The third kappa shape index (κ3) is 16.4. The number of nitrogens with zero attached hydrogens (tertiary/aromatic N) is 2. The van der Waals surface area contributed by atoms with Gasteiger partial charge in [0.25, 0.3) is 0 Å². The number of benzene rings is 12. The molecule has 0 unspecified atom stereocenters. The normalized spacial score (nSPS) is 13.2. The van der Waals surface area contributed by atoms with Crippen molar-refractivity contribution in [3.05, 3.63) is 308 Å². The van der Waals surface area contributed by atoms with E-state index in [1.165, 1.54) is 128 Å². The quantitative estimate of drug-likeness (QED) is 0.132. The Kier molecular flexibility index (Phi) is 21.5. The van der Waals surface area contributed by atoms with Crippen molar-refractivity contribution < 1.29 is 33.7 Å². The van der Waals surface area contributed by atoms with E-state index >= 15 is 0 Å². The molecule has 16 heteroatoms. The molecule has 582 valence electrons. The van der Waals surface area contributed by atoms with E-state index < -0.39 is 39.3 Å². The molecule has 2 heterocycles. The summed E-state index contributed by atoms with van der Waals surface area (Å²) in [6.45, 7) is 40.3. The van der Waals surface area contributed by atoms with Gasteiger partial charge in [-0.15, -0.1) is 0 Å². The third-order valence-electron chi connectivity index (χ3n) is 21.6. The average Bonchev–Trinajstić information content (AvgIpc) is 1.60. The largest absolute Gasteiger partial charge is 0.309 e. The fourth-order valence-corrected chi connectivity index (χ4v) is 20.1. The van der Waals surface area contributed by atoms with Crippen LogP contribution in [0.5, 0.6) is 0 Å². The number of rotatable bonds is 10. The van der Waals surface area contributed by atoms with E-state index in [1.54, 1.807) is 48.5 Å². The minimum atomic E-state index is -3.98. The van der Waals surface area contributed by atoms with Crippen LogP contribution in [-0.4, -0.2) is 42.8 Å². The molecule has 0 radical (unpaired) electrons. The van der Waals surface area contributed by atoms with Crippen LogP contribution in [0.15, 0.2) is 303 Å². The van der Waals surface area contributed by atoms with Gasteiger partial charge in [0.05, 0.1) is 61.2 Å². The summed E-state index contributed by atoms with van der Waals surface area (Å²) >= 11 is 6.52. The van der Waals surface area contributed by atoms with Gasteiger partial charge >= 0.3 is 0 Å². The number of aromatic nitrogens is 2. The Labute approximate surface area is 685 Å². The van der Waals surface area contributed by atoms with Gasteiger partial charge in [-0.25, -0.2) is 33.7 Å². The summed E-state index contributed by atoms with van der Waals surface area (Å²) in [5, 5.41) is 4.61. The summed E-state index contributed by atoms with van der Waals surface area (Å²) < 4.78 is 113. The van der Waals surface area contributed by atoms with Gasteiger partial charge in [0.15, 0.2) is 0 Å². The second-order valence-electron chi connectivity index (χ2n) is 35.9. The molecular formula is C97H98Br2N2O8S4. The number of halogens is 2. The molecule has 0 atom stereocenters. The molecular weight excluding hydrogens is 1610 g/mol. The summed E-state index contributed by atoms with van der Waals surface area (Å²) in [7, 11) is -15.4. The van der Waals surface area contributed by atoms with E-state index in [9.17, 15) is 33.7 Å². The lowest BCUT2D eigenvalue weighted by atomic mass is 9.83. The molecule has 0 fully saturated rings. The lowest BCUT2D eigenvalue weighted by Gasteiger charge is -2.21. The Morgan fingerprint density at radius 3 is 0.611 bits per heavy atom. The molecule has 12 aromatic carbocycles. The van der Waals surface area contributed by atoms with Crippen molar-refractivity contribution in [2.45, 2.75) is 203 Å². The summed E-state index contributed by atoms with van der Waals surface area (Å²) in [4.78, 5) is 0.635. The first-order valence-corrected chi connectivity index (χ1v) is 45.5. The van der Waals surface area contributed by atoms with Crippen LogP contribution in [0, 0.1) is 0 Å². The molecule has 0 amide bonds. The predicted molar refractivity (Wildman–Crippen MR) is 471 cm³/mol. The van der Waals surface area contributed by atoms with E-state index in [4.69, 9.17) is 0 Å². The predicted octanol–water partition coefficient (Wildman–Crippen LogP) is 25.5. The highest BCUT2D eigenvalue weighted by atomic mass is 79.9. The second-order valence-corrected chi connectivity index (χ2v) is 45.5. The minimum Gasteiger partial charge on any atom is -0.309 e. The van der Waals surface area contributed by atoms with Crippen molar-refractivity contribution >= 4 is 115 Å². The molecule has 15 rings (SSSR count). The number of hydrogen-bond acceptors (Lipinski definition) is 8. The van der Waals surface area contributed by atoms with Crippen LogP contribution in [0.3, 0.4) is 0 Å². The highest BCUT2D eigenvalue weighted by Crippen LogP contribution is 2.44. The lowest BCUT2D eigenvalue weighted by Crippen LogP contribution is -2.11. The molecule has 10 nitrogen and oxygen atoms in total. The summed E-state index contributed by atoms with van der Waals surface area (Å²) in [6, 6.07) is 77.8. The van der Waals surface area contributed by atoms with E-state index in [0.717, 1.165) is 70.4 Å². The van der Waals surface area contributed by atoms with E-state index in [0.29, 0.717) is 0 Å². The Morgan fingerprint density at radius 1 is 0.230 bits per heavy atom.